The molecule has 0 aromatic carbocycles. The molecule has 0 aromatic rings. The Labute approximate surface area is 97.9 Å². The quantitative estimate of drug-likeness (QED) is 0.736. The summed E-state index contributed by atoms with van der Waals surface area (Å²) in [6, 6.07) is 0.650. The third kappa shape index (κ3) is 2.40. The molecule has 4 atom stereocenters. The first kappa shape index (κ1) is 12.3. The number of methoxy groups -OCH3 is 1. The molecule has 4 heteroatoms. The van der Waals surface area contributed by atoms with E-state index in [-0.39, 0.29) is 11.5 Å². The Kier molecular flexibility index (Phi) is 3.85. The fourth-order valence-electron chi connectivity index (χ4n) is 2.72. The molecule has 0 amide bonds. The lowest BCUT2D eigenvalue weighted by Gasteiger charge is -2.30. The van der Waals surface area contributed by atoms with Gasteiger partial charge in [-0.1, -0.05) is 6.92 Å². The third-order valence-corrected chi connectivity index (χ3v) is 4.15. The molecule has 1 aliphatic heterocycles. The zero-order valence-electron chi connectivity index (χ0n) is 10.4. The number of nitrogens with two attached hydrogens (primary N) is 1. The molecule has 3 N–H and O–H groups in total. The van der Waals surface area contributed by atoms with Crippen LogP contribution in [-0.2, 0) is 9.47 Å². The summed E-state index contributed by atoms with van der Waals surface area (Å²) in [5.41, 5.74) is 6.15. The van der Waals surface area contributed by atoms with E-state index in [1.165, 1.54) is 19.3 Å². The fourth-order valence-corrected chi connectivity index (χ4v) is 2.72. The summed E-state index contributed by atoms with van der Waals surface area (Å²) in [6.07, 6.45) is 4.02. The van der Waals surface area contributed by atoms with Crippen molar-refractivity contribution in [2.24, 2.45) is 11.1 Å². The van der Waals surface area contributed by atoms with Crippen LogP contribution in [0.5, 0.6) is 0 Å². The van der Waals surface area contributed by atoms with Crippen molar-refractivity contribution in [3.05, 3.63) is 0 Å². The van der Waals surface area contributed by atoms with Crippen LogP contribution in [0.2, 0.25) is 0 Å². The number of nitrogens with one attached hydrogen (secondary N) is 1. The normalized spacial score (nSPS) is 44.1. The largest absolute Gasteiger partial charge is 0.380 e. The molecular formula is C12H24N2O2. The zero-order chi connectivity index (χ0) is 11.6. The highest BCUT2D eigenvalue weighted by molar-refractivity contribution is 4.94. The third-order valence-electron chi connectivity index (χ3n) is 4.15. The Morgan fingerprint density at radius 1 is 1.50 bits per heavy atom. The lowest BCUT2D eigenvalue weighted by Crippen LogP contribution is -2.49. The molecule has 16 heavy (non-hydrogen) atoms. The van der Waals surface area contributed by atoms with E-state index >= 15 is 0 Å². The zero-order valence-corrected chi connectivity index (χ0v) is 10.4. The molecule has 0 spiro atoms. The van der Waals surface area contributed by atoms with E-state index in [2.05, 4.69) is 12.2 Å². The van der Waals surface area contributed by atoms with E-state index in [0.717, 1.165) is 13.2 Å². The van der Waals surface area contributed by atoms with Gasteiger partial charge in [0.2, 0.25) is 0 Å². The second kappa shape index (κ2) is 5.00. The van der Waals surface area contributed by atoms with Crippen LogP contribution in [-0.4, -0.2) is 45.1 Å². The van der Waals surface area contributed by atoms with Crippen molar-refractivity contribution >= 4 is 0 Å². The summed E-state index contributed by atoms with van der Waals surface area (Å²) in [5, 5.41) is 3.61. The van der Waals surface area contributed by atoms with Crippen molar-refractivity contribution in [3.63, 3.8) is 0 Å². The Hall–Kier alpha value is -0.160. The van der Waals surface area contributed by atoms with E-state index in [1.807, 2.05) is 0 Å². The maximum Gasteiger partial charge on any atom is 0.0724 e. The molecule has 1 saturated carbocycles. The van der Waals surface area contributed by atoms with Gasteiger partial charge in [0.1, 0.15) is 0 Å². The molecule has 1 saturated heterocycles. The summed E-state index contributed by atoms with van der Waals surface area (Å²) < 4.78 is 10.9. The van der Waals surface area contributed by atoms with Crippen LogP contribution >= 0.6 is 0 Å². The Balaban J connectivity index is 1.82. The fraction of sp³-hybridized carbons (Fsp3) is 1.00. The van der Waals surface area contributed by atoms with Crippen LogP contribution in [0.4, 0.5) is 0 Å². The number of hydrogen-bond acceptors (Lipinski definition) is 4. The maximum atomic E-state index is 6.07. The maximum absolute atomic E-state index is 6.07. The molecule has 0 aromatic heterocycles. The average molecular weight is 228 g/mol. The number of hydrogen-bond donors (Lipinski definition) is 2. The Bertz CT molecular complexity index is 237. The molecule has 2 aliphatic rings. The number of rotatable bonds is 4. The van der Waals surface area contributed by atoms with Gasteiger partial charge >= 0.3 is 0 Å². The number of ether oxygens (including phenoxy) is 2. The van der Waals surface area contributed by atoms with Crippen molar-refractivity contribution in [1.82, 2.24) is 5.32 Å². The molecule has 4 unspecified atom stereocenters. The van der Waals surface area contributed by atoms with Gasteiger partial charge in [-0.2, -0.15) is 0 Å². The molecule has 94 valence electrons. The van der Waals surface area contributed by atoms with Crippen molar-refractivity contribution < 1.29 is 9.47 Å². The summed E-state index contributed by atoms with van der Waals surface area (Å²) in [7, 11) is 1.80. The van der Waals surface area contributed by atoms with E-state index in [0.29, 0.717) is 18.8 Å². The van der Waals surface area contributed by atoms with Gasteiger partial charge in [0.15, 0.2) is 0 Å². The van der Waals surface area contributed by atoms with Gasteiger partial charge in [-0.15, -0.1) is 0 Å². The standard InChI is InChI=1S/C12H24N2O2/c1-12(8-16-6-11(12)13)7-14-9-4-3-5-10(9)15-2/h9-11,14H,3-8,13H2,1-2H3. The molecule has 1 aliphatic carbocycles. The van der Waals surface area contributed by atoms with Crippen LogP contribution in [0.3, 0.4) is 0 Å². The van der Waals surface area contributed by atoms with Crippen LogP contribution in [0.15, 0.2) is 0 Å². The lowest BCUT2D eigenvalue weighted by molar-refractivity contribution is 0.0787. The molecule has 0 radical (unpaired) electrons. The summed E-state index contributed by atoms with van der Waals surface area (Å²) in [6.45, 7) is 4.59. The van der Waals surface area contributed by atoms with Gasteiger partial charge in [0.05, 0.1) is 19.3 Å². The van der Waals surface area contributed by atoms with Crippen molar-refractivity contribution in [2.45, 2.75) is 44.4 Å². The van der Waals surface area contributed by atoms with Crippen molar-refractivity contribution in [3.8, 4) is 0 Å². The molecule has 0 bridgehead atoms. The van der Waals surface area contributed by atoms with Gasteiger partial charge in [0, 0.05) is 31.2 Å². The molecule has 2 rings (SSSR count). The summed E-state index contributed by atoms with van der Waals surface area (Å²) >= 11 is 0. The SMILES string of the molecule is COC1CCCC1NCC1(C)COCC1N. The van der Waals surface area contributed by atoms with Gasteiger partial charge in [-0.3, -0.25) is 0 Å². The van der Waals surface area contributed by atoms with Crippen LogP contribution in [0.25, 0.3) is 0 Å². The van der Waals surface area contributed by atoms with Crippen molar-refractivity contribution in [1.29, 1.82) is 0 Å². The second-order valence-electron chi connectivity index (χ2n) is 5.47. The van der Waals surface area contributed by atoms with E-state index in [4.69, 9.17) is 15.2 Å². The molecular weight excluding hydrogens is 204 g/mol. The smallest absolute Gasteiger partial charge is 0.0724 e. The minimum Gasteiger partial charge on any atom is -0.380 e. The van der Waals surface area contributed by atoms with Gasteiger partial charge in [-0.25, -0.2) is 0 Å². The molecule has 1 heterocycles. The predicted molar refractivity (Wildman–Crippen MR) is 63.3 cm³/mol. The highest BCUT2D eigenvalue weighted by atomic mass is 16.5. The van der Waals surface area contributed by atoms with Crippen molar-refractivity contribution in [2.75, 3.05) is 26.9 Å². The highest BCUT2D eigenvalue weighted by Gasteiger charge is 2.38. The van der Waals surface area contributed by atoms with Crippen LogP contribution < -0.4 is 11.1 Å². The predicted octanol–water partition coefficient (Wildman–Crippen LogP) is 0.507. The van der Waals surface area contributed by atoms with E-state index in [1.54, 1.807) is 7.11 Å². The Morgan fingerprint density at radius 2 is 2.31 bits per heavy atom. The first-order valence-corrected chi connectivity index (χ1v) is 6.25. The van der Waals surface area contributed by atoms with Crippen LogP contribution in [0.1, 0.15) is 26.2 Å². The first-order valence-electron chi connectivity index (χ1n) is 6.25. The summed E-state index contributed by atoms with van der Waals surface area (Å²) in [4.78, 5) is 0. The Morgan fingerprint density at radius 3 is 2.94 bits per heavy atom. The first-order chi connectivity index (χ1) is 7.65. The topological polar surface area (TPSA) is 56.5 Å². The summed E-state index contributed by atoms with van der Waals surface area (Å²) in [5.74, 6) is 0. The molecule has 4 nitrogen and oxygen atoms in total. The second-order valence-corrected chi connectivity index (χ2v) is 5.47. The minimum atomic E-state index is 0.0842. The monoisotopic (exact) mass is 228 g/mol. The average Bonchev–Trinajstić information content (AvgIpc) is 2.84. The van der Waals surface area contributed by atoms with E-state index in [9.17, 15) is 0 Å². The molecule has 2 fully saturated rings. The van der Waals surface area contributed by atoms with Gasteiger partial charge in [-0.05, 0) is 19.3 Å². The van der Waals surface area contributed by atoms with Gasteiger partial charge < -0.3 is 20.5 Å². The van der Waals surface area contributed by atoms with E-state index < -0.39 is 0 Å². The lowest BCUT2D eigenvalue weighted by atomic mass is 9.85. The minimum absolute atomic E-state index is 0.0842. The van der Waals surface area contributed by atoms with Gasteiger partial charge in [0.25, 0.3) is 0 Å². The van der Waals surface area contributed by atoms with Crippen LogP contribution in [0, 0.1) is 5.41 Å². The highest BCUT2D eigenvalue weighted by Crippen LogP contribution is 2.28.